The smallest absolute Gasteiger partial charge is 0.338 e. The summed E-state index contributed by atoms with van der Waals surface area (Å²) in [6.07, 6.45) is 0.201. The topological polar surface area (TPSA) is 140 Å². The van der Waals surface area contributed by atoms with Crippen LogP contribution >= 0.6 is 11.3 Å². The van der Waals surface area contributed by atoms with E-state index in [0.717, 1.165) is 21.4 Å². The van der Waals surface area contributed by atoms with Crippen molar-refractivity contribution in [1.29, 1.82) is 0 Å². The number of aromatic nitrogens is 3. The fourth-order valence-corrected chi connectivity index (χ4v) is 5.79. The van der Waals surface area contributed by atoms with Crippen molar-refractivity contribution in [3.63, 3.8) is 0 Å². The zero-order valence-electron chi connectivity index (χ0n) is 22.8. The van der Waals surface area contributed by atoms with E-state index in [2.05, 4.69) is 15.4 Å². The lowest BCUT2D eigenvalue weighted by Crippen LogP contribution is -2.37. The molecule has 0 radical (unpaired) electrons. The van der Waals surface area contributed by atoms with Crippen LogP contribution in [-0.2, 0) is 20.7 Å². The van der Waals surface area contributed by atoms with Crippen molar-refractivity contribution in [2.75, 3.05) is 23.4 Å². The van der Waals surface area contributed by atoms with Crippen molar-refractivity contribution in [2.24, 2.45) is 0 Å². The summed E-state index contributed by atoms with van der Waals surface area (Å²) in [5.41, 5.74) is 1.67. The Morgan fingerprint density at radius 3 is 2.40 bits per heavy atom. The molecule has 12 heteroatoms. The summed E-state index contributed by atoms with van der Waals surface area (Å²) >= 11 is 0.902. The molecule has 0 unspecified atom stereocenters. The second kappa shape index (κ2) is 11.4. The first-order valence-corrected chi connectivity index (χ1v) is 14.1. The third kappa shape index (κ3) is 5.31. The van der Waals surface area contributed by atoms with E-state index < -0.39 is 28.9 Å². The standard InChI is InChI=1S/C31H23N5O6S/c1-2-42-30(41)19-12-14-20(15-13-19)32-24(37)17-35-23-11-7-6-10-21(23)25(28(35)39)26-29(40)36-31(43-26)33-27(38)22(34-36)16-18-8-4-3-5-9-18/h3-15H,2,16-17H2,1H3,(H,32,37)/b26-25-. The molecule has 1 N–H and O–H groups in total. The van der Waals surface area contributed by atoms with E-state index >= 15 is 0 Å². The predicted molar refractivity (Wildman–Crippen MR) is 160 cm³/mol. The number of carbonyl (C=O) groups excluding carboxylic acids is 3. The molecule has 3 heterocycles. The zero-order valence-corrected chi connectivity index (χ0v) is 23.6. The molecule has 0 spiro atoms. The molecule has 0 saturated heterocycles. The first-order valence-electron chi connectivity index (χ1n) is 13.3. The van der Waals surface area contributed by atoms with Crippen molar-refractivity contribution in [3.05, 3.63) is 126 Å². The number of thiazole rings is 1. The van der Waals surface area contributed by atoms with Gasteiger partial charge in [-0.3, -0.25) is 24.1 Å². The van der Waals surface area contributed by atoms with Crippen LogP contribution in [0, 0.1) is 0 Å². The van der Waals surface area contributed by atoms with E-state index in [-0.39, 0.29) is 40.3 Å². The van der Waals surface area contributed by atoms with E-state index in [9.17, 15) is 24.0 Å². The van der Waals surface area contributed by atoms with E-state index in [1.54, 1.807) is 43.3 Å². The molecule has 0 saturated carbocycles. The maximum atomic E-state index is 13.7. The Morgan fingerprint density at radius 1 is 0.930 bits per heavy atom. The third-order valence-corrected chi connectivity index (χ3v) is 7.80. The van der Waals surface area contributed by atoms with Crippen LogP contribution in [0.25, 0.3) is 10.5 Å². The third-order valence-electron chi connectivity index (χ3n) is 6.77. The lowest BCUT2D eigenvalue weighted by molar-refractivity contribution is -0.118. The van der Waals surface area contributed by atoms with Crippen LogP contribution in [0.4, 0.5) is 11.4 Å². The Kier molecular flexibility index (Phi) is 7.34. The second-order valence-electron chi connectivity index (χ2n) is 9.59. The average molecular weight is 594 g/mol. The number of hydrogen-bond acceptors (Lipinski definition) is 9. The maximum absolute atomic E-state index is 13.7. The summed E-state index contributed by atoms with van der Waals surface area (Å²) in [5.74, 6) is -1.49. The van der Waals surface area contributed by atoms with Crippen LogP contribution in [0.5, 0.6) is 0 Å². The van der Waals surface area contributed by atoms with Gasteiger partial charge in [-0.25, -0.2) is 4.79 Å². The molecule has 0 atom stereocenters. The van der Waals surface area contributed by atoms with Crippen molar-refractivity contribution in [2.45, 2.75) is 13.3 Å². The number of carbonyl (C=O) groups is 3. The fraction of sp³-hybridized carbons (Fsp3) is 0.129. The van der Waals surface area contributed by atoms with Gasteiger partial charge in [-0.15, -0.1) is 0 Å². The number of esters is 1. The summed E-state index contributed by atoms with van der Waals surface area (Å²) in [7, 11) is 0. The minimum Gasteiger partial charge on any atom is -0.462 e. The molecular formula is C31H23N5O6S. The highest BCUT2D eigenvalue weighted by Crippen LogP contribution is 2.35. The number of hydrogen-bond donors (Lipinski definition) is 1. The van der Waals surface area contributed by atoms with Crippen molar-refractivity contribution in [3.8, 4) is 0 Å². The number of anilines is 2. The van der Waals surface area contributed by atoms with Crippen LogP contribution in [0.3, 0.4) is 0 Å². The molecule has 0 aliphatic carbocycles. The number of amides is 2. The Labute approximate surface area is 247 Å². The summed E-state index contributed by atoms with van der Waals surface area (Å²) < 4.78 is 6.10. The highest BCUT2D eigenvalue weighted by molar-refractivity contribution is 7.15. The quantitative estimate of drug-likeness (QED) is 0.283. The Bertz CT molecular complexity index is 2070. The van der Waals surface area contributed by atoms with Gasteiger partial charge in [0.15, 0.2) is 0 Å². The van der Waals surface area contributed by atoms with Crippen molar-refractivity contribution in [1.82, 2.24) is 14.6 Å². The minimum absolute atomic E-state index is 0.0713. The van der Waals surface area contributed by atoms with Gasteiger partial charge in [-0.1, -0.05) is 59.9 Å². The summed E-state index contributed by atoms with van der Waals surface area (Å²) in [6, 6.07) is 22.3. The Hall–Kier alpha value is -5.49. The van der Waals surface area contributed by atoms with Crippen LogP contribution < -0.4 is 25.9 Å². The van der Waals surface area contributed by atoms with E-state index in [4.69, 9.17) is 4.74 Å². The molecule has 214 valence electrons. The van der Waals surface area contributed by atoms with Gasteiger partial charge in [0.1, 0.15) is 16.8 Å². The van der Waals surface area contributed by atoms with Gasteiger partial charge < -0.3 is 10.1 Å². The number of rotatable bonds is 7. The first kappa shape index (κ1) is 27.7. The predicted octanol–water partition coefficient (Wildman–Crippen LogP) is 2.18. The van der Waals surface area contributed by atoms with Gasteiger partial charge in [0.05, 0.1) is 23.4 Å². The molecule has 1 aliphatic rings. The number of fused-ring (bicyclic) bond motifs is 2. The summed E-state index contributed by atoms with van der Waals surface area (Å²) in [4.78, 5) is 70.3. The van der Waals surface area contributed by atoms with Gasteiger partial charge in [-0.05, 0) is 42.8 Å². The summed E-state index contributed by atoms with van der Waals surface area (Å²) in [5, 5.41) is 7.02. The normalized spacial score (nSPS) is 13.7. The Morgan fingerprint density at radius 2 is 1.65 bits per heavy atom. The minimum atomic E-state index is -0.576. The van der Waals surface area contributed by atoms with Crippen molar-refractivity contribution < 1.29 is 19.1 Å². The van der Waals surface area contributed by atoms with E-state index in [1.807, 2.05) is 30.3 Å². The van der Waals surface area contributed by atoms with Crippen LogP contribution in [0.1, 0.15) is 34.1 Å². The zero-order chi connectivity index (χ0) is 30.1. The number of ether oxygens (including phenoxy) is 1. The van der Waals surface area contributed by atoms with Crippen molar-refractivity contribution >= 4 is 51.0 Å². The highest BCUT2D eigenvalue weighted by Gasteiger charge is 2.35. The second-order valence-corrected chi connectivity index (χ2v) is 10.6. The molecule has 3 aromatic carbocycles. The van der Waals surface area contributed by atoms with Crippen LogP contribution in [0.15, 0.2) is 88.5 Å². The molecule has 1 aliphatic heterocycles. The maximum Gasteiger partial charge on any atom is 0.338 e. The monoisotopic (exact) mass is 593 g/mol. The number of benzene rings is 3. The van der Waals surface area contributed by atoms with Gasteiger partial charge in [0.25, 0.3) is 17.0 Å². The van der Waals surface area contributed by atoms with Gasteiger partial charge in [0.2, 0.25) is 10.9 Å². The molecule has 5 aromatic rings. The molecule has 0 bridgehead atoms. The molecule has 2 amide bonds. The molecule has 2 aromatic heterocycles. The SMILES string of the molecule is CCOC(=O)c1ccc(NC(=O)CN2C(=O)/C(=c3\sc4nc(=O)c(Cc5ccccc5)nn4c3=O)c3ccccc32)cc1. The Balaban J connectivity index is 1.32. The molecule has 6 rings (SSSR count). The number of para-hydroxylation sites is 1. The highest BCUT2D eigenvalue weighted by atomic mass is 32.1. The van der Waals surface area contributed by atoms with E-state index in [0.29, 0.717) is 22.5 Å². The van der Waals surface area contributed by atoms with Gasteiger partial charge in [0, 0.05) is 17.7 Å². The first-order chi connectivity index (χ1) is 20.8. The summed E-state index contributed by atoms with van der Waals surface area (Å²) in [6.45, 7) is 1.63. The largest absolute Gasteiger partial charge is 0.462 e. The van der Waals surface area contributed by atoms with Crippen LogP contribution in [0.2, 0.25) is 0 Å². The number of nitrogens with one attached hydrogen (secondary N) is 1. The molecule has 0 fully saturated rings. The van der Waals surface area contributed by atoms with E-state index in [1.165, 1.54) is 17.0 Å². The molecule has 43 heavy (non-hydrogen) atoms. The lowest BCUT2D eigenvalue weighted by atomic mass is 10.1. The number of nitrogens with zero attached hydrogens (tertiary/aromatic N) is 4. The lowest BCUT2D eigenvalue weighted by Gasteiger charge is -2.16. The van der Waals surface area contributed by atoms with Gasteiger partial charge in [-0.2, -0.15) is 14.6 Å². The van der Waals surface area contributed by atoms with Crippen LogP contribution in [-0.4, -0.2) is 45.5 Å². The fourth-order valence-electron chi connectivity index (χ4n) is 4.80. The molecular weight excluding hydrogens is 570 g/mol. The average Bonchev–Trinajstić information content (AvgIpc) is 3.46. The van der Waals surface area contributed by atoms with Gasteiger partial charge >= 0.3 is 5.97 Å². The molecule has 11 nitrogen and oxygen atoms in total.